The zero-order valence-electron chi connectivity index (χ0n) is 14.5. The number of nitrogens with zero attached hydrogens (tertiary/aromatic N) is 3. The highest BCUT2D eigenvalue weighted by atomic mass is 35.5. The Balaban J connectivity index is 2.07. The summed E-state index contributed by atoms with van der Waals surface area (Å²) in [6.45, 7) is 6.04. The standard InChI is InChI=1S/C17H18ClN3O4S/c1-17(2,3)26(24)20-12-8-25-9-14-11(12)7-19-21(14)13-6-4-5-10(15(13)18)16(22)23/h4-7H,8-9H2,1-3H3,(H,22,23)/b20-12+/t26-/m0/s1. The van der Waals surface area contributed by atoms with Gasteiger partial charge in [-0.3, -0.25) is 0 Å². The van der Waals surface area contributed by atoms with Gasteiger partial charge in [-0.25, -0.2) is 9.48 Å². The van der Waals surface area contributed by atoms with Gasteiger partial charge in [0, 0.05) is 5.56 Å². The molecule has 0 amide bonds. The summed E-state index contributed by atoms with van der Waals surface area (Å²) in [4.78, 5) is 11.3. The molecule has 0 radical (unpaired) electrons. The maximum atomic E-state index is 12.3. The average molecular weight is 396 g/mol. The predicted molar refractivity (Wildman–Crippen MR) is 99.6 cm³/mol. The zero-order valence-corrected chi connectivity index (χ0v) is 16.1. The number of aromatic carboxylic acids is 1. The molecule has 1 aromatic heterocycles. The van der Waals surface area contributed by atoms with Crippen LogP contribution in [0.1, 0.15) is 42.4 Å². The molecule has 1 aromatic carbocycles. The molecular formula is C17H18ClN3O4S. The highest BCUT2D eigenvalue weighted by molar-refractivity contribution is 7.91. The van der Waals surface area contributed by atoms with Crippen molar-refractivity contribution < 1.29 is 19.2 Å². The van der Waals surface area contributed by atoms with Crippen LogP contribution in [-0.4, -0.2) is 42.5 Å². The summed E-state index contributed by atoms with van der Waals surface area (Å²) >= 11 is 4.83. The van der Waals surface area contributed by atoms with Gasteiger partial charge in [-0.15, -0.1) is 0 Å². The highest BCUT2D eigenvalue weighted by Crippen LogP contribution is 2.29. The smallest absolute Gasteiger partial charge is 0.337 e. The summed E-state index contributed by atoms with van der Waals surface area (Å²) in [6.07, 6.45) is 1.61. The molecule has 0 aliphatic carbocycles. The molecule has 0 spiro atoms. The number of aromatic nitrogens is 2. The average Bonchev–Trinajstić information content (AvgIpc) is 2.99. The fourth-order valence-electron chi connectivity index (χ4n) is 2.44. The number of carboxylic acid groups (broad SMARTS) is 1. The van der Waals surface area contributed by atoms with Gasteiger partial charge < -0.3 is 14.4 Å². The first-order valence-corrected chi connectivity index (χ1v) is 9.35. The second kappa shape index (κ2) is 7.03. The zero-order chi connectivity index (χ0) is 19.1. The number of hydrogen-bond acceptors (Lipinski definition) is 5. The van der Waals surface area contributed by atoms with Crippen molar-refractivity contribution in [1.82, 2.24) is 9.78 Å². The molecule has 2 heterocycles. The van der Waals surface area contributed by atoms with E-state index in [0.717, 1.165) is 5.56 Å². The van der Waals surface area contributed by atoms with Gasteiger partial charge in [-0.05, 0) is 32.9 Å². The summed E-state index contributed by atoms with van der Waals surface area (Å²) in [5, 5.41) is 13.7. The van der Waals surface area contributed by atoms with E-state index in [-0.39, 0.29) is 23.8 Å². The highest BCUT2D eigenvalue weighted by Gasteiger charge is 2.30. The Morgan fingerprint density at radius 1 is 1.42 bits per heavy atom. The van der Waals surface area contributed by atoms with Gasteiger partial charge in [0.15, 0.2) is 0 Å². The van der Waals surface area contributed by atoms with Crippen LogP contribution in [0.5, 0.6) is 0 Å². The topological polar surface area (TPSA) is 99.8 Å². The largest absolute Gasteiger partial charge is 0.591 e. The van der Waals surface area contributed by atoms with Crippen molar-refractivity contribution in [3.05, 3.63) is 46.2 Å². The Bertz CT molecular complexity index is 889. The Labute approximate surface area is 159 Å². The lowest BCUT2D eigenvalue weighted by molar-refractivity contribution is 0.0697. The van der Waals surface area contributed by atoms with Crippen molar-refractivity contribution in [3.63, 3.8) is 0 Å². The summed E-state index contributed by atoms with van der Waals surface area (Å²) in [7, 11) is 0. The van der Waals surface area contributed by atoms with Gasteiger partial charge in [-0.1, -0.05) is 22.1 Å². The van der Waals surface area contributed by atoms with Crippen LogP contribution in [0.4, 0.5) is 0 Å². The van der Waals surface area contributed by atoms with E-state index in [2.05, 4.69) is 9.50 Å². The predicted octanol–water partition coefficient (Wildman–Crippen LogP) is 3.01. The van der Waals surface area contributed by atoms with Crippen LogP contribution >= 0.6 is 11.6 Å². The van der Waals surface area contributed by atoms with Gasteiger partial charge in [0.05, 0.1) is 41.4 Å². The van der Waals surface area contributed by atoms with E-state index in [9.17, 15) is 14.5 Å². The van der Waals surface area contributed by atoms with Crippen LogP contribution in [-0.2, 0) is 22.7 Å². The van der Waals surface area contributed by atoms with Crippen molar-refractivity contribution in [2.24, 2.45) is 4.40 Å². The summed E-state index contributed by atoms with van der Waals surface area (Å²) in [5.74, 6) is -1.11. The van der Waals surface area contributed by atoms with E-state index in [1.54, 1.807) is 23.0 Å². The molecule has 0 bridgehead atoms. The van der Waals surface area contributed by atoms with Crippen molar-refractivity contribution in [3.8, 4) is 5.69 Å². The fraction of sp³-hybridized carbons (Fsp3) is 0.353. The minimum absolute atomic E-state index is 0.00660. The number of carbonyl (C=O) groups is 1. The van der Waals surface area contributed by atoms with Crippen LogP contribution < -0.4 is 0 Å². The number of benzene rings is 1. The van der Waals surface area contributed by atoms with Crippen LogP contribution in [0.2, 0.25) is 5.02 Å². The molecule has 138 valence electrons. The number of halogens is 1. The number of ether oxygens (including phenoxy) is 1. The van der Waals surface area contributed by atoms with Crippen molar-refractivity contribution >= 4 is 34.6 Å². The number of hydrogen-bond donors (Lipinski definition) is 1. The number of rotatable bonds is 3. The molecule has 3 rings (SSSR count). The van der Waals surface area contributed by atoms with Crippen molar-refractivity contribution in [2.75, 3.05) is 6.61 Å². The van der Waals surface area contributed by atoms with E-state index in [1.807, 2.05) is 20.8 Å². The Morgan fingerprint density at radius 2 is 2.15 bits per heavy atom. The molecule has 9 heteroatoms. The van der Waals surface area contributed by atoms with Crippen LogP contribution in [0.3, 0.4) is 0 Å². The van der Waals surface area contributed by atoms with E-state index < -0.39 is 22.1 Å². The maximum Gasteiger partial charge on any atom is 0.337 e. The first-order valence-electron chi connectivity index (χ1n) is 7.87. The lowest BCUT2D eigenvalue weighted by atomic mass is 10.1. The van der Waals surface area contributed by atoms with Gasteiger partial charge in [0.1, 0.15) is 21.8 Å². The molecule has 7 nitrogen and oxygen atoms in total. The van der Waals surface area contributed by atoms with Gasteiger partial charge in [-0.2, -0.15) is 5.10 Å². The monoisotopic (exact) mass is 395 g/mol. The van der Waals surface area contributed by atoms with E-state index in [4.69, 9.17) is 16.3 Å². The number of carboxylic acids is 1. The minimum atomic E-state index is -1.42. The van der Waals surface area contributed by atoms with E-state index in [1.165, 1.54) is 6.07 Å². The van der Waals surface area contributed by atoms with Gasteiger partial charge >= 0.3 is 5.97 Å². The number of fused-ring (bicyclic) bond motifs is 1. The fourth-order valence-corrected chi connectivity index (χ4v) is 3.36. The SMILES string of the molecule is CC(C)(C)[S@+]([O-])/N=C1\COCc2c1cnn2-c1cccc(C(=O)O)c1Cl. The molecule has 0 unspecified atom stereocenters. The Morgan fingerprint density at radius 3 is 2.81 bits per heavy atom. The first kappa shape index (κ1) is 18.9. The third kappa shape index (κ3) is 3.50. The summed E-state index contributed by atoms with van der Waals surface area (Å²) in [5.41, 5.74) is 2.40. The first-order chi connectivity index (χ1) is 12.2. The molecule has 1 aliphatic rings. The molecule has 1 N–H and O–H groups in total. The van der Waals surface area contributed by atoms with Gasteiger partial charge in [0.2, 0.25) is 0 Å². The Kier molecular flexibility index (Phi) is 5.12. The second-order valence-corrected chi connectivity index (χ2v) is 9.04. The molecule has 0 saturated heterocycles. The van der Waals surface area contributed by atoms with Crippen LogP contribution in [0.25, 0.3) is 5.69 Å². The summed E-state index contributed by atoms with van der Waals surface area (Å²) < 4.78 is 23.3. The molecule has 0 saturated carbocycles. The van der Waals surface area contributed by atoms with Crippen LogP contribution in [0, 0.1) is 0 Å². The van der Waals surface area contributed by atoms with E-state index in [0.29, 0.717) is 17.1 Å². The molecule has 1 atom stereocenters. The van der Waals surface area contributed by atoms with Crippen molar-refractivity contribution in [2.45, 2.75) is 32.1 Å². The normalized spacial score (nSPS) is 17.2. The minimum Gasteiger partial charge on any atom is -0.591 e. The summed E-state index contributed by atoms with van der Waals surface area (Å²) in [6, 6.07) is 4.72. The lowest BCUT2D eigenvalue weighted by Crippen LogP contribution is -2.29. The lowest BCUT2D eigenvalue weighted by Gasteiger charge is -2.21. The molecule has 2 aromatic rings. The van der Waals surface area contributed by atoms with E-state index >= 15 is 0 Å². The maximum absolute atomic E-state index is 12.3. The Hall–Kier alpha value is -1.87. The molecule has 0 fully saturated rings. The van der Waals surface area contributed by atoms with Gasteiger partial charge in [0.25, 0.3) is 0 Å². The molecule has 1 aliphatic heterocycles. The third-order valence-corrected chi connectivity index (χ3v) is 5.64. The third-order valence-electron chi connectivity index (χ3n) is 3.81. The second-order valence-electron chi connectivity index (χ2n) is 6.75. The molecular weight excluding hydrogens is 378 g/mol. The quantitative estimate of drug-likeness (QED) is 0.805. The van der Waals surface area contributed by atoms with Crippen LogP contribution in [0.15, 0.2) is 28.8 Å². The van der Waals surface area contributed by atoms with Crippen molar-refractivity contribution in [1.29, 1.82) is 0 Å². The molecule has 26 heavy (non-hydrogen) atoms.